The van der Waals surface area contributed by atoms with Gasteiger partial charge in [0.2, 0.25) is 12.7 Å². The first kappa shape index (κ1) is 18.7. The first-order chi connectivity index (χ1) is 14.5. The molecule has 1 aliphatic carbocycles. The van der Waals surface area contributed by atoms with E-state index in [1.807, 2.05) is 43.3 Å². The summed E-state index contributed by atoms with van der Waals surface area (Å²) in [5.74, 6) is 0.396. The number of rotatable bonds is 5. The number of carboxylic acids is 1. The smallest absolute Gasteiger partial charge is 0.345 e. The van der Waals surface area contributed by atoms with E-state index in [1.165, 1.54) is 11.3 Å². The van der Waals surface area contributed by atoms with Gasteiger partial charge >= 0.3 is 5.97 Å². The molecule has 5 rings (SSSR count). The Morgan fingerprint density at radius 1 is 1.07 bits per heavy atom. The molecule has 2 aliphatic rings. The summed E-state index contributed by atoms with van der Waals surface area (Å²) in [6.45, 7) is 2.17. The largest absolute Gasteiger partial charge is 0.477 e. The van der Waals surface area contributed by atoms with Gasteiger partial charge in [-0.1, -0.05) is 12.1 Å². The number of hydrogen-bond donors (Lipinski definition) is 2. The lowest BCUT2D eigenvalue weighted by Gasteiger charge is -2.17. The third-order valence-electron chi connectivity index (χ3n) is 5.69. The predicted octanol–water partition coefficient (Wildman–Crippen LogP) is 5.07. The molecule has 0 bridgehead atoms. The van der Waals surface area contributed by atoms with Gasteiger partial charge in [-0.3, -0.25) is 4.79 Å². The number of carboxylic acid groups (broad SMARTS) is 1. The Morgan fingerprint density at radius 3 is 2.60 bits per heavy atom. The van der Waals surface area contributed by atoms with Crippen molar-refractivity contribution in [2.24, 2.45) is 0 Å². The van der Waals surface area contributed by atoms with E-state index in [4.69, 9.17) is 9.47 Å². The van der Waals surface area contributed by atoms with Gasteiger partial charge in [0.25, 0.3) is 0 Å². The van der Waals surface area contributed by atoms with Crippen LogP contribution < -0.4 is 14.8 Å². The Hall–Kier alpha value is -3.32. The van der Waals surface area contributed by atoms with E-state index in [9.17, 15) is 14.7 Å². The quantitative estimate of drug-likeness (QED) is 0.599. The summed E-state index contributed by atoms with van der Waals surface area (Å²) >= 11 is 1.22. The summed E-state index contributed by atoms with van der Waals surface area (Å²) in [4.78, 5) is 25.5. The number of fused-ring (bicyclic) bond motifs is 1. The lowest BCUT2D eigenvalue weighted by atomic mass is 9.94. The van der Waals surface area contributed by atoms with Gasteiger partial charge in [0.15, 0.2) is 11.5 Å². The van der Waals surface area contributed by atoms with Crippen LogP contribution in [0.2, 0.25) is 0 Å². The second-order valence-corrected chi connectivity index (χ2v) is 8.69. The fraction of sp³-hybridized carbons (Fsp3) is 0.217. The zero-order chi connectivity index (χ0) is 20.9. The van der Waals surface area contributed by atoms with Crippen LogP contribution in [0.3, 0.4) is 0 Å². The number of carbonyl (C=O) groups is 2. The van der Waals surface area contributed by atoms with Gasteiger partial charge in [0, 0.05) is 12.0 Å². The molecule has 3 aromatic rings. The van der Waals surface area contributed by atoms with Crippen LogP contribution in [0.25, 0.3) is 10.4 Å². The maximum absolute atomic E-state index is 13.2. The minimum absolute atomic E-state index is 0. The molecule has 2 heterocycles. The molecule has 1 fully saturated rings. The SMILES string of the molecule is Cc1ccc(NC(=O)C2(c3ccc4c(c3)OCO4)CC2)cc1-c1ccc(C(=O)O)s1.[HH]. The van der Waals surface area contributed by atoms with E-state index in [0.717, 1.165) is 34.4 Å². The molecule has 0 atom stereocenters. The summed E-state index contributed by atoms with van der Waals surface area (Å²) in [6.07, 6.45) is 1.56. The summed E-state index contributed by atoms with van der Waals surface area (Å²) in [5.41, 5.74) is 3.01. The molecule has 154 valence electrons. The summed E-state index contributed by atoms with van der Waals surface area (Å²) < 4.78 is 10.8. The van der Waals surface area contributed by atoms with Crippen molar-refractivity contribution >= 4 is 28.9 Å². The highest BCUT2D eigenvalue weighted by atomic mass is 32.1. The van der Waals surface area contributed by atoms with Crippen molar-refractivity contribution in [2.45, 2.75) is 25.2 Å². The van der Waals surface area contributed by atoms with Gasteiger partial charge in [-0.15, -0.1) is 11.3 Å². The first-order valence-electron chi connectivity index (χ1n) is 9.62. The standard InChI is InChI=1S/C23H19NO5S.H2/c1-13-2-4-15(11-16(13)19-6-7-20(30-19)21(25)26)24-22(27)23(8-9-23)14-3-5-17-18(10-14)29-12-28-17;/h2-7,10-11H,8-9,12H2,1H3,(H,24,27)(H,25,26);1H. The Bertz CT molecular complexity index is 1180. The van der Waals surface area contributed by atoms with Crippen molar-refractivity contribution in [3.63, 3.8) is 0 Å². The van der Waals surface area contributed by atoms with Crippen LogP contribution in [0, 0.1) is 6.92 Å². The van der Waals surface area contributed by atoms with E-state index >= 15 is 0 Å². The minimum atomic E-state index is -0.937. The van der Waals surface area contributed by atoms with Crippen LogP contribution in [-0.4, -0.2) is 23.8 Å². The van der Waals surface area contributed by atoms with E-state index < -0.39 is 11.4 Å². The summed E-state index contributed by atoms with van der Waals surface area (Å²) in [7, 11) is 0. The molecule has 0 saturated heterocycles. The fourth-order valence-corrected chi connectivity index (χ4v) is 4.71. The van der Waals surface area contributed by atoms with Crippen LogP contribution >= 0.6 is 11.3 Å². The van der Waals surface area contributed by atoms with Gasteiger partial charge in [-0.2, -0.15) is 0 Å². The second kappa shape index (κ2) is 6.88. The number of carbonyl (C=O) groups excluding carboxylic acids is 1. The number of nitrogens with one attached hydrogen (secondary N) is 1. The number of ether oxygens (including phenoxy) is 2. The molecule has 7 heteroatoms. The van der Waals surface area contributed by atoms with Gasteiger partial charge < -0.3 is 19.9 Å². The van der Waals surface area contributed by atoms with Crippen molar-refractivity contribution in [1.29, 1.82) is 0 Å². The average Bonchev–Trinajstić information content (AvgIpc) is 3.17. The molecule has 30 heavy (non-hydrogen) atoms. The topological polar surface area (TPSA) is 84.9 Å². The van der Waals surface area contributed by atoms with Crippen LogP contribution in [0.15, 0.2) is 48.5 Å². The van der Waals surface area contributed by atoms with Gasteiger partial charge in [-0.25, -0.2) is 4.79 Å². The Labute approximate surface area is 178 Å². The molecular formula is C23H21NO5S. The zero-order valence-corrected chi connectivity index (χ0v) is 17.0. The molecule has 0 radical (unpaired) electrons. The minimum Gasteiger partial charge on any atom is -0.477 e. The summed E-state index contributed by atoms with van der Waals surface area (Å²) in [6, 6.07) is 14.8. The third-order valence-corrected chi connectivity index (χ3v) is 6.79. The molecule has 1 amide bonds. The number of amides is 1. The van der Waals surface area contributed by atoms with Crippen LogP contribution in [0.5, 0.6) is 11.5 Å². The maximum atomic E-state index is 13.2. The summed E-state index contributed by atoms with van der Waals surface area (Å²) in [5, 5.41) is 12.2. The van der Waals surface area contributed by atoms with E-state index in [2.05, 4.69) is 5.32 Å². The molecule has 6 nitrogen and oxygen atoms in total. The number of thiophene rings is 1. The predicted molar refractivity (Wildman–Crippen MR) is 116 cm³/mol. The van der Waals surface area contributed by atoms with Crippen LogP contribution in [0.1, 0.15) is 35.1 Å². The normalized spacial score (nSPS) is 15.6. The molecule has 1 aromatic heterocycles. The highest BCUT2D eigenvalue weighted by Crippen LogP contribution is 2.51. The Balaban J connectivity index is 0.00000231. The van der Waals surface area contributed by atoms with Crippen molar-refractivity contribution in [3.8, 4) is 21.9 Å². The molecule has 1 saturated carbocycles. The molecular weight excluding hydrogens is 402 g/mol. The molecule has 2 aromatic carbocycles. The zero-order valence-electron chi connectivity index (χ0n) is 16.2. The van der Waals surface area contributed by atoms with E-state index in [0.29, 0.717) is 22.1 Å². The van der Waals surface area contributed by atoms with E-state index in [1.54, 1.807) is 12.1 Å². The molecule has 0 spiro atoms. The van der Waals surface area contributed by atoms with Crippen molar-refractivity contribution < 1.29 is 25.6 Å². The van der Waals surface area contributed by atoms with Crippen molar-refractivity contribution in [1.82, 2.24) is 0 Å². The molecule has 2 N–H and O–H groups in total. The average molecular weight is 423 g/mol. The molecule has 0 unspecified atom stereocenters. The lowest BCUT2D eigenvalue weighted by Crippen LogP contribution is -2.27. The Morgan fingerprint density at radius 2 is 1.87 bits per heavy atom. The van der Waals surface area contributed by atoms with Crippen molar-refractivity contribution in [2.75, 3.05) is 12.1 Å². The van der Waals surface area contributed by atoms with Gasteiger partial charge in [0.05, 0.1) is 5.41 Å². The van der Waals surface area contributed by atoms with Crippen LogP contribution in [0.4, 0.5) is 5.69 Å². The van der Waals surface area contributed by atoms with Crippen LogP contribution in [-0.2, 0) is 10.2 Å². The number of anilines is 1. The van der Waals surface area contributed by atoms with Gasteiger partial charge in [0.1, 0.15) is 4.88 Å². The third kappa shape index (κ3) is 3.11. The fourth-order valence-electron chi connectivity index (χ4n) is 3.78. The van der Waals surface area contributed by atoms with E-state index in [-0.39, 0.29) is 14.1 Å². The monoisotopic (exact) mass is 423 g/mol. The second-order valence-electron chi connectivity index (χ2n) is 7.60. The number of benzene rings is 2. The van der Waals surface area contributed by atoms with Gasteiger partial charge in [-0.05, 0) is 72.9 Å². The maximum Gasteiger partial charge on any atom is 0.345 e. The molecule has 1 aliphatic heterocycles. The highest BCUT2D eigenvalue weighted by Gasteiger charge is 2.51. The lowest BCUT2D eigenvalue weighted by molar-refractivity contribution is -0.118. The van der Waals surface area contributed by atoms with Crippen molar-refractivity contribution in [3.05, 3.63) is 64.5 Å². The highest BCUT2D eigenvalue weighted by molar-refractivity contribution is 7.17. The first-order valence-corrected chi connectivity index (χ1v) is 10.4. The number of aryl methyl sites for hydroxylation is 1. The Kier molecular flexibility index (Phi) is 4.29. The number of aromatic carboxylic acids is 1. The number of hydrogen-bond acceptors (Lipinski definition) is 5.